The number of nitrogens with zero attached hydrogens (tertiary/aromatic N) is 2. The molecule has 1 unspecified atom stereocenters. The fraction of sp³-hybridized carbons (Fsp3) is 0.500. The largest absolute Gasteiger partial charge is 0.479 e. The molecule has 0 aromatic heterocycles. The van der Waals surface area contributed by atoms with Crippen LogP contribution >= 0.6 is 0 Å². The zero-order valence-electron chi connectivity index (χ0n) is 12.6. The van der Waals surface area contributed by atoms with E-state index in [0.717, 1.165) is 5.56 Å². The van der Waals surface area contributed by atoms with Crippen LogP contribution in [0, 0.1) is 0 Å². The number of carboxylic acids is 1. The molecule has 114 valence electrons. The molecule has 0 spiro atoms. The van der Waals surface area contributed by atoms with Crippen molar-refractivity contribution in [2.75, 3.05) is 19.6 Å². The van der Waals surface area contributed by atoms with Gasteiger partial charge in [-0.3, -0.25) is 9.69 Å². The van der Waals surface area contributed by atoms with Gasteiger partial charge in [0.15, 0.2) is 5.54 Å². The molecule has 0 saturated carbocycles. The summed E-state index contributed by atoms with van der Waals surface area (Å²) < 4.78 is 0. The number of hydrogen-bond donors (Lipinski definition) is 1. The van der Waals surface area contributed by atoms with Crippen LogP contribution in [0.2, 0.25) is 0 Å². The molecule has 1 aromatic rings. The van der Waals surface area contributed by atoms with Crippen molar-refractivity contribution in [3.8, 4) is 0 Å². The molecule has 0 bridgehead atoms. The molecular formula is C16H22N2O3. The van der Waals surface area contributed by atoms with Crippen molar-refractivity contribution in [3.63, 3.8) is 0 Å². The van der Waals surface area contributed by atoms with Gasteiger partial charge < -0.3 is 10.0 Å². The molecule has 1 aliphatic rings. The number of aliphatic carboxylic acids is 1. The van der Waals surface area contributed by atoms with Crippen LogP contribution in [0.5, 0.6) is 0 Å². The molecule has 1 heterocycles. The number of likely N-dealkylation sites (N-methyl/N-ethyl adjacent to an activating group) is 1. The maximum absolute atomic E-state index is 11.8. The van der Waals surface area contributed by atoms with Gasteiger partial charge in [-0.1, -0.05) is 30.3 Å². The summed E-state index contributed by atoms with van der Waals surface area (Å²) >= 11 is 0. The van der Waals surface area contributed by atoms with Gasteiger partial charge in [0.25, 0.3) is 0 Å². The lowest BCUT2D eigenvalue weighted by atomic mass is 9.96. The van der Waals surface area contributed by atoms with E-state index in [0.29, 0.717) is 32.6 Å². The fourth-order valence-electron chi connectivity index (χ4n) is 3.18. The molecule has 0 radical (unpaired) electrons. The lowest BCUT2D eigenvalue weighted by Crippen LogP contribution is -2.58. The number of likely N-dealkylation sites (tertiary alicyclic amines) is 1. The average Bonchev–Trinajstić information content (AvgIpc) is 2.85. The number of rotatable bonds is 5. The molecule has 1 aliphatic heterocycles. The van der Waals surface area contributed by atoms with Gasteiger partial charge >= 0.3 is 5.97 Å². The Kier molecular flexibility index (Phi) is 4.63. The Morgan fingerprint density at radius 1 is 1.33 bits per heavy atom. The van der Waals surface area contributed by atoms with E-state index in [1.165, 1.54) is 11.8 Å². The molecule has 1 fully saturated rings. The fourth-order valence-corrected chi connectivity index (χ4v) is 3.18. The zero-order valence-corrected chi connectivity index (χ0v) is 12.6. The summed E-state index contributed by atoms with van der Waals surface area (Å²) in [5, 5.41) is 9.68. The maximum atomic E-state index is 11.8. The molecule has 1 aromatic carbocycles. The lowest BCUT2D eigenvalue weighted by Gasteiger charge is -2.36. The Bertz CT molecular complexity index is 518. The molecule has 5 nitrogen and oxygen atoms in total. The van der Waals surface area contributed by atoms with Crippen molar-refractivity contribution < 1.29 is 14.7 Å². The topological polar surface area (TPSA) is 60.9 Å². The summed E-state index contributed by atoms with van der Waals surface area (Å²) in [6, 6.07) is 9.98. The van der Waals surface area contributed by atoms with E-state index in [9.17, 15) is 14.7 Å². The van der Waals surface area contributed by atoms with Crippen molar-refractivity contribution in [2.45, 2.75) is 32.4 Å². The van der Waals surface area contributed by atoms with Gasteiger partial charge in [-0.2, -0.15) is 0 Å². The smallest absolute Gasteiger partial charge is 0.331 e. The second-order valence-corrected chi connectivity index (χ2v) is 5.55. The van der Waals surface area contributed by atoms with Crippen LogP contribution in [0.3, 0.4) is 0 Å². The van der Waals surface area contributed by atoms with Crippen LogP contribution in [-0.2, 0) is 16.1 Å². The molecule has 21 heavy (non-hydrogen) atoms. The molecule has 5 heteroatoms. The molecule has 1 amide bonds. The third kappa shape index (κ3) is 3.08. The highest BCUT2D eigenvalue weighted by atomic mass is 16.4. The summed E-state index contributed by atoms with van der Waals surface area (Å²) in [5.74, 6) is -1.09. The summed E-state index contributed by atoms with van der Waals surface area (Å²) in [6.45, 7) is 5.46. The van der Waals surface area contributed by atoms with E-state index in [-0.39, 0.29) is 5.91 Å². The van der Waals surface area contributed by atoms with E-state index >= 15 is 0 Å². The predicted octanol–water partition coefficient (Wildman–Crippen LogP) is 1.58. The van der Waals surface area contributed by atoms with E-state index in [1.807, 2.05) is 37.3 Å². The summed E-state index contributed by atoms with van der Waals surface area (Å²) in [7, 11) is 0. The van der Waals surface area contributed by atoms with Gasteiger partial charge in [0, 0.05) is 33.1 Å². The first-order chi connectivity index (χ1) is 9.99. The van der Waals surface area contributed by atoms with Gasteiger partial charge in [-0.05, 0) is 18.9 Å². The van der Waals surface area contributed by atoms with Gasteiger partial charge in [0.1, 0.15) is 0 Å². The zero-order chi connectivity index (χ0) is 15.5. The highest BCUT2D eigenvalue weighted by molar-refractivity contribution is 5.86. The van der Waals surface area contributed by atoms with Crippen LogP contribution in [-0.4, -0.2) is 52.0 Å². The van der Waals surface area contributed by atoms with Crippen LogP contribution in [0.15, 0.2) is 30.3 Å². The minimum Gasteiger partial charge on any atom is -0.479 e. The number of hydrogen-bond acceptors (Lipinski definition) is 3. The van der Waals surface area contributed by atoms with Gasteiger partial charge in [-0.25, -0.2) is 4.79 Å². The average molecular weight is 290 g/mol. The number of carbonyl (C=O) groups is 2. The minimum absolute atomic E-state index is 0.179. The van der Waals surface area contributed by atoms with E-state index in [1.54, 1.807) is 0 Å². The molecule has 2 rings (SSSR count). The Labute approximate surface area is 125 Å². The van der Waals surface area contributed by atoms with Crippen LogP contribution in [0.1, 0.15) is 25.8 Å². The molecule has 1 saturated heterocycles. The SMILES string of the molecule is CCN(C(C)=O)C1(C(=O)O)CCN(Cc2ccccc2)C1. The van der Waals surface area contributed by atoms with Gasteiger partial charge in [0.2, 0.25) is 5.91 Å². The summed E-state index contributed by atoms with van der Waals surface area (Å²) in [5.41, 5.74) is 0.0691. The highest BCUT2D eigenvalue weighted by Crippen LogP contribution is 2.29. The third-order valence-corrected chi connectivity index (χ3v) is 4.19. The summed E-state index contributed by atoms with van der Waals surface area (Å²) in [6.07, 6.45) is 0.475. The van der Waals surface area contributed by atoms with Crippen molar-refractivity contribution in [1.29, 1.82) is 0 Å². The Hall–Kier alpha value is -1.88. The number of carbonyl (C=O) groups excluding carboxylic acids is 1. The number of carboxylic acid groups (broad SMARTS) is 1. The first-order valence-electron chi connectivity index (χ1n) is 7.27. The van der Waals surface area contributed by atoms with Crippen molar-refractivity contribution in [3.05, 3.63) is 35.9 Å². The molecule has 1 atom stereocenters. The highest BCUT2D eigenvalue weighted by Gasteiger charge is 2.50. The quantitative estimate of drug-likeness (QED) is 0.894. The second kappa shape index (κ2) is 6.26. The molecule has 0 aliphatic carbocycles. The normalized spacial score (nSPS) is 22.2. The first-order valence-corrected chi connectivity index (χ1v) is 7.27. The van der Waals surface area contributed by atoms with E-state index in [4.69, 9.17) is 0 Å². The van der Waals surface area contributed by atoms with Crippen molar-refractivity contribution in [2.24, 2.45) is 0 Å². The van der Waals surface area contributed by atoms with Crippen LogP contribution in [0.4, 0.5) is 0 Å². The molecular weight excluding hydrogens is 268 g/mol. The van der Waals surface area contributed by atoms with Gasteiger partial charge in [-0.15, -0.1) is 0 Å². The van der Waals surface area contributed by atoms with E-state index in [2.05, 4.69) is 4.90 Å². The Morgan fingerprint density at radius 2 is 2.00 bits per heavy atom. The minimum atomic E-state index is -1.09. The van der Waals surface area contributed by atoms with Crippen molar-refractivity contribution >= 4 is 11.9 Å². The summed E-state index contributed by atoms with van der Waals surface area (Å²) in [4.78, 5) is 27.2. The second-order valence-electron chi connectivity index (χ2n) is 5.55. The van der Waals surface area contributed by atoms with Crippen molar-refractivity contribution in [1.82, 2.24) is 9.80 Å². The van der Waals surface area contributed by atoms with Crippen LogP contribution < -0.4 is 0 Å². The van der Waals surface area contributed by atoms with Crippen LogP contribution in [0.25, 0.3) is 0 Å². The Balaban J connectivity index is 2.16. The standard InChI is InChI=1S/C16H22N2O3/c1-3-18(13(2)19)16(15(20)21)9-10-17(12-16)11-14-7-5-4-6-8-14/h4-8H,3,9-12H2,1-2H3,(H,20,21). The Morgan fingerprint density at radius 3 is 2.52 bits per heavy atom. The number of benzene rings is 1. The lowest BCUT2D eigenvalue weighted by molar-refractivity contribution is -0.157. The monoisotopic (exact) mass is 290 g/mol. The van der Waals surface area contributed by atoms with E-state index < -0.39 is 11.5 Å². The number of amides is 1. The first kappa shape index (κ1) is 15.5. The molecule has 1 N–H and O–H groups in total. The third-order valence-electron chi connectivity index (χ3n) is 4.19. The predicted molar refractivity (Wildman–Crippen MR) is 79.8 cm³/mol. The maximum Gasteiger partial charge on any atom is 0.331 e. The van der Waals surface area contributed by atoms with Gasteiger partial charge in [0.05, 0.1) is 0 Å².